The van der Waals surface area contributed by atoms with Crippen LogP contribution in [0.25, 0.3) is 0 Å². The smallest absolute Gasteiger partial charge is 0.270 e. The van der Waals surface area contributed by atoms with Gasteiger partial charge in [0.15, 0.2) is 0 Å². The number of aryl methyl sites for hydroxylation is 3. The number of benzene rings is 2. The first kappa shape index (κ1) is 18.5. The molecule has 0 aliphatic carbocycles. The van der Waals surface area contributed by atoms with Crippen LogP contribution in [0.1, 0.15) is 33.0 Å². The molecule has 3 rings (SSSR count). The van der Waals surface area contributed by atoms with E-state index < -0.39 is 0 Å². The fraction of sp³-hybridized carbons (Fsp3) is 0.190. The summed E-state index contributed by atoms with van der Waals surface area (Å²) < 4.78 is 13.0. The molecule has 1 aromatic heterocycles. The highest BCUT2D eigenvalue weighted by Crippen LogP contribution is 2.20. The van der Waals surface area contributed by atoms with Crippen LogP contribution in [0.5, 0.6) is 0 Å². The van der Waals surface area contributed by atoms with Crippen molar-refractivity contribution in [1.29, 1.82) is 0 Å². The number of halogens is 1. The molecule has 0 fully saturated rings. The predicted molar refractivity (Wildman–Crippen MR) is 104 cm³/mol. The quantitative estimate of drug-likeness (QED) is 0.711. The van der Waals surface area contributed by atoms with Crippen LogP contribution in [0.3, 0.4) is 0 Å². The second-order valence-corrected chi connectivity index (χ2v) is 6.44. The summed E-state index contributed by atoms with van der Waals surface area (Å²) in [7, 11) is 0. The molecule has 0 spiro atoms. The van der Waals surface area contributed by atoms with Crippen molar-refractivity contribution < 1.29 is 9.18 Å². The number of nitrogens with zero attached hydrogens (tertiary/aromatic N) is 2. The van der Waals surface area contributed by atoms with Gasteiger partial charge in [-0.2, -0.15) is 0 Å². The van der Waals surface area contributed by atoms with E-state index in [1.54, 1.807) is 25.1 Å². The molecule has 1 amide bonds. The van der Waals surface area contributed by atoms with Gasteiger partial charge in [-0.3, -0.25) is 4.79 Å². The molecule has 0 aliphatic rings. The third kappa shape index (κ3) is 4.88. The van der Waals surface area contributed by atoms with E-state index in [4.69, 9.17) is 0 Å². The molecule has 6 heteroatoms. The Kier molecular flexibility index (Phi) is 5.45. The normalized spacial score (nSPS) is 10.5. The molecule has 0 bridgehead atoms. The predicted octanol–water partition coefficient (Wildman–Crippen LogP) is 4.21. The molecule has 0 unspecified atom stereocenters. The molecular weight excluding hydrogens is 343 g/mol. The van der Waals surface area contributed by atoms with Crippen molar-refractivity contribution in [2.45, 2.75) is 27.3 Å². The zero-order valence-corrected chi connectivity index (χ0v) is 15.5. The lowest BCUT2D eigenvalue weighted by Crippen LogP contribution is -2.24. The third-order valence-electron chi connectivity index (χ3n) is 4.08. The van der Waals surface area contributed by atoms with E-state index in [-0.39, 0.29) is 17.4 Å². The van der Waals surface area contributed by atoms with Gasteiger partial charge in [0.2, 0.25) is 0 Å². The summed E-state index contributed by atoms with van der Waals surface area (Å²) in [5, 5.41) is 6.04. The van der Waals surface area contributed by atoms with E-state index in [2.05, 4.69) is 26.7 Å². The molecule has 2 aromatic carbocycles. The Bertz CT molecular complexity index is 970. The van der Waals surface area contributed by atoms with Crippen LogP contribution < -0.4 is 10.6 Å². The largest absolute Gasteiger partial charge is 0.347 e. The first-order chi connectivity index (χ1) is 12.9. The summed E-state index contributed by atoms with van der Waals surface area (Å²) in [4.78, 5) is 21.0. The topological polar surface area (TPSA) is 66.9 Å². The molecule has 0 saturated heterocycles. The van der Waals surface area contributed by atoms with E-state index in [1.807, 2.05) is 26.0 Å². The lowest BCUT2D eigenvalue weighted by Gasteiger charge is -2.11. The second-order valence-electron chi connectivity index (χ2n) is 6.44. The van der Waals surface area contributed by atoms with Gasteiger partial charge in [-0.05, 0) is 50.1 Å². The number of carbonyl (C=O) groups is 1. The van der Waals surface area contributed by atoms with Gasteiger partial charge in [-0.15, -0.1) is 0 Å². The maximum Gasteiger partial charge on any atom is 0.270 e. The van der Waals surface area contributed by atoms with Gasteiger partial charge < -0.3 is 10.6 Å². The first-order valence-electron chi connectivity index (χ1n) is 8.63. The van der Waals surface area contributed by atoms with Gasteiger partial charge in [0.25, 0.3) is 5.91 Å². The van der Waals surface area contributed by atoms with E-state index >= 15 is 0 Å². The average molecular weight is 364 g/mol. The van der Waals surface area contributed by atoms with Crippen molar-refractivity contribution in [2.75, 3.05) is 5.32 Å². The maximum atomic E-state index is 13.0. The monoisotopic (exact) mass is 364 g/mol. The molecule has 2 N–H and O–H groups in total. The summed E-state index contributed by atoms with van der Waals surface area (Å²) in [6.45, 7) is 6.08. The molecule has 3 aromatic rings. The zero-order valence-electron chi connectivity index (χ0n) is 15.5. The number of anilines is 2. The highest BCUT2D eigenvalue weighted by Gasteiger charge is 2.11. The highest BCUT2D eigenvalue weighted by atomic mass is 19.1. The number of carbonyl (C=O) groups excluding carboxylic acids is 1. The van der Waals surface area contributed by atoms with Crippen LogP contribution >= 0.6 is 0 Å². The first-order valence-corrected chi connectivity index (χ1v) is 8.63. The van der Waals surface area contributed by atoms with Gasteiger partial charge in [-0.1, -0.05) is 29.8 Å². The Morgan fingerprint density at radius 2 is 1.74 bits per heavy atom. The van der Waals surface area contributed by atoms with Crippen molar-refractivity contribution in [3.8, 4) is 0 Å². The Morgan fingerprint density at radius 3 is 2.44 bits per heavy atom. The van der Waals surface area contributed by atoms with Gasteiger partial charge in [0.05, 0.1) is 0 Å². The molecule has 0 saturated carbocycles. The van der Waals surface area contributed by atoms with E-state index in [0.717, 1.165) is 16.8 Å². The Labute approximate surface area is 157 Å². The Balaban J connectivity index is 1.73. The van der Waals surface area contributed by atoms with Crippen LogP contribution in [0.15, 0.2) is 48.5 Å². The lowest BCUT2D eigenvalue weighted by molar-refractivity contribution is 0.0945. The number of hydrogen-bond donors (Lipinski definition) is 2. The number of nitrogens with one attached hydrogen (secondary N) is 2. The molecule has 0 radical (unpaired) electrons. The fourth-order valence-corrected chi connectivity index (χ4v) is 2.72. The Morgan fingerprint density at radius 1 is 1.00 bits per heavy atom. The number of rotatable bonds is 5. The van der Waals surface area contributed by atoms with Crippen LogP contribution in [0.2, 0.25) is 0 Å². The minimum atomic E-state index is -0.312. The van der Waals surface area contributed by atoms with Gasteiger partial charge in [-0.25, -0.2) is 14.4 Å². The average Bonchev–Trinajstić information content (AvgIpc) is 2.63. The third-order valence-corrected chi connectivity index (χ3v) is 4.08. The minimum Gasteiger partial charge on any atom is -0.347 e. The highest BCUT2D eigenvalue weighted by molar-refractivity contribution is 5.93. The minimum absolute atomic E-state index is 0.275. The number of aromatic nitrogens is 2. The second kappa shape index (κ2) is 7.95. The van der Waals surface area contributed by atoms with E-state index in [0.29, 0.717) is 18.2 Å². The van der Waals surface area contributed by atoms with Gasteiger partial charge in [0.1, 0.15) is 23.2 Å². The van der Waals surface area contributed by atoms with Crippen molar-refractivity contribution in [2.24, 2.45) is 0 Å². The van der Waals surface area contributed by atoms with Gasteiger partial charge in [0, 0.05) is 18.3 Å². The number of amides is 1. The molecule has 0 aliphatic heterocycles. The van der Waals surface area contributed by atoms with E-state index in [9.17, 15) is 9.18 Å². The van der Waals surface area contributed by atoms with Crippen molar-refractivity contribution in [3.05, 3.63) is 82.6 Å². The molecule has 138 valence electrons. The van der Waals surface area contributed by atoms with E-state index in [1.165, 1.54) is 17.7 Å². The van der Waals surface area contributed by atoms with Crippen LogP contribution in [0, 0.1) is 26.6 Å². The maximum absolute atomic E-state index is 13.0. The SMILES string of the molecule is Cc1ccc(Nc2cc(C(=O)NCc3ccc(F)cc3)nc(C)n2)c(C)c1. The Hall–Kier alpha value is -3.28. The van der Waals surface area contributed by atoms with Crippen LogP contribution in [0.4, 0.5) is 15.9 Å². The van der Waals surface area contributed by atoms with Gasteiger partial charge >= 0.3 is 0 Å². The fourth-order valence-electron chi connectivity index (χ4n) is 2.72. The summed E-state index contributed by atoms with van der Waals surface area (Å²) >= 11 is 0. The van der Waals surface area contributed by atoms with Crippen molar-refractivity contribution in [3.63, 3.8) is 0 Å². The molecular formula is C21H21FN4O. The standard InChI is InChI=1S/C21H21FN4O/c1-13-4-9-18(14(2)10-13)26-20-11-19(24-15(3)25-20)21(27)23-12-16-5-7-17(22)8-6-16/h4-11H,12H2,1-3H3,(H,23,27)(H,24,25,26). The van der Waals surface area contributed by atoms with Crippen LogP contribution in [-0.2, 0) is 6.54 Å². The lowest BCUT2D eigenvalue weighted by atomic mass is 10.1. The summed E-state index contributed by atoms with van der Waals surface area (Å²) in [5.41, 5.74) is 4.28. The zero-order chi connectivity index (χ0) is 19.4. The van der Waals surface area contributed by atoms with Crippen molar-refractivity contribution >= 4 is 17.4 Å². The molecule has 27 heavy (non-hydrogen) atoms. The molecule has 0 atom stereocenters. The molecule has 5 nitrogen and oxygen atoms in total. The summed E-state index contributed by atoms with van der Waals surface area (Å²) in [6, 6.07) is 13.7. The summed E-state index contributed by atoms with van der Waals surface area (Å²) in [5.74, 6) is 0.435. The van der Waals surface area contributed by atoms with Crippen LogP contribution in [-0.4, -0.2) is 15.9 Å². The molecule has 1 heterocycles. The number of hydrogen-bond acceptors (Lipinski definition) is 4. The van der Waals surface area contributed by atoms with Crippen molar-refractivity contribution in [1.82, 2.24) is 15.3 Å². The summed E-state index contributed by atoms with van der Waals surface area (Å²) in [6.07, 6.45) is 0.